The van der Waals surface area contributed by atoms with E-state index in [1.807, 2.05) is 30.5 Å². The first-order valence-corrected chi connectivity index (χ1v) is 7.39. The topological polar surface area (TPSA) is 29.1 Å². The van der Waals surface area contributed by atoms with E-state index in [1.54, 1.807) is 11.8 Å². The van der Waals surface area contributed by atoms with Gasteiger partial charge in [-0.25, -0.2) is 0 Å². The van der Waals surface area contributed by atoms with Gasteiger partial charge in [0.05, 0.1) is 11.8 Å². The number of hydrogen-bond donors (Lipinski definition) is 1. The second-order valence-electron chi connectivity index (χ2n) is 3.51. The van der Waals surface area contributed by atoms with E-state index in [0.29, 0.717) is 5.75 Å². The second kappa shape index (κ2) is 6.97. The minimum absolute atomic E-state index is 0.0993. The van der Waals surface area contributed by atoms with E-state index in [2.05, 4.69) is 28.2 Å². The van der Waals surface area contributed by atoms with E-state index in [9.17, 15) is 4.79 Å². The summed E-state index contributed by atoms with van der Waals surface area (Å²) in [4.78, 5) is 11.5. The second-order valence-corrected chi connectivity index (χ2v) is 5.29. The van der Waals surface area contributed by atoms with Crippen LogP contribution in [-0.2, 0) is 4.79 Å². The maximum absolute atomic E-state index is 11.5. The molecule has 16 heavy (non-hydrogen) atoms. The predicted molar refractivity (Wildman–Crippen MR) is 73.7 cm³/mol. The van der Waals surface area contributed by atoms with Gasteiger partial charge in [-0.05, 0) is 30.4 Å². The van der Waals surface area contributed by atoms with Crippen molar-refractivity contribution in [2.24, 2.45) is 0 Å². The lowest BCUT2D eigenvalue weighted by Gasteiger charge is -2.17. The minimum Gasteiger partial charge on any atom is -0.349 e. The van der Waals surface area contributed by atoms with Crippen molar-refractivity contribution in [3.8, 4) is 0 Å². The Bertz CT molecular complexity index is 339. The van der Waals surface area contributed by atoms with Crippen LogP contribution in [0.15, 0.2) is 28.7 Å². The van der Waals surface area contributed by atoms with E-state index < -0.39 is 0 Å². The first kappa shape index (κ1) is 13.6. The molecule has 0 aliphatic heterocycles. The predicted octanol–water partition coefficient (Wildman–Crippen LogP) is 3.38. The van der Waals surface area contributed by atoms with Gasteiger partial charge in [0.1, 0.15) is 0 Å². The Morgan fingerprint density at radius 1 is 1.44 bits per heavy atom. The third kappa shape index (κ3) is 4.18. The standard InChI is InChI=1S/C12H16BrNOS/c1-3-11(14-12(15)8-16-2)9-4-6-10(13)7-5-9/h4-7,11H,3,8H2,1-2H3,(H,14,15). The quantitative estimate of drug-likeness (QED) is 0.903. The van der Waals surface area contributed by atoms with Crippen LogP contribution in [0.1, 0.15) is 24.9 Å². The van der Waals surface area contributed by atoms with Crippen molar-refractivity contribution in [2.45, 2.75) is 19.4 Å². The summed E-state index contributed by atoms with van der Waals surface area (Å²) >= 11 is 4.94. The maximum atomic E-state index is 11.5. The van der Waals surface area contributed by atoms with E-state index in [-0.39, 0.29) is 11.9 Å². The Morgan fingerprint density at radius 3 is 2.56 bits per heavy atom. The zero-order valence-corrected chi connectivity index (χ0v) is 11.9. The maximum Gasteiger partial charge on any atom is 0.230 e. The molecule has 1 aromatic carbocycles. The first-order valence-electron chi connectivity index (χ1n) is 5.21. The van der Waals surface area contributed by atoms with Gasteiger partial charge in [-0.15, -0.1) is 0 Å². The molecule has 0 fully saturated rings. The molecule has 0 radical (unpaired) electrons. The third-order valence-corrected chi connectivity index (χ3v) is 3.37. The average Bonchev–Trinajstić information content (AvgIpc) is 2.27. The summed E-state index contributed by atoms with van der Waals surface area (Å²) in [5.41, 5.74) is 1.15. The van der Waals surface area contributed by atoms with Gasteiger partial charge in [-0.3, -0.25) is 4.79 Å². The lowest BCUT2D eigenvalue weighted by molar-refractivity contribution is -0.119. The number of halogens is 1. The summed E-state index contributed by atoms with van der Waals surface area (Å²) in [6.45, 7) is 2.08. The van der Waals surface area contributed by atoms with Crippen LogP contribution < -0.4 is 5.32 Å². The molecule has 1 atom stereocenters. The molecule has 0 aliphatic rings. The lowest BCUT2D eigenvalue weighted by atomic mass is 10.0. The van der Waals surface area contributed by atoms with Crippen molar-refractivity contribution in [1.82, 2.24) is 5.32 Å². The molecule has 0 saturated carbocycles. The van der Waals surface area contributed by atoms with Crippen LogP contribution in [0, 0.1) is 0 Å². The first-order chi connectivity index (χ1) is 7.67. The number of amides is 1. The van der Waals surface area contributed by atoms with Gasteiger partial charge >= 0.3 is 0 Å². The van der Waals surface area contributed by atoms with Crippen LogP contribution in [0.4, 0.5) is 0 Å². The van der Waals surface area contributed by atoms with Crippen LogP contribution >= 0.6 is 27.7 Å². The monoisotopic (exact) mass is 301 g/mol. The van der Waals surface area contributed by atoms with Crippen LogP contribution in [-0.4, -0.2) is 17.9 Å². The molecule has 0 spiro atoms. The van der Waals surface area contributed by atoms with Gasteiger partial charge in [0.25, 0.3) is 0 Å². The van der Waals surface area contributed by atoms with E-state index in [1.165, 1.54) is 0 Å². The Morgan fingerprint density at radius 2 is 2.06 bits per heavy atom. The molecule has 1 aromatic rings. The van der Waals surface area contributed by atoms with Crippen LogP contribution in [0.5, 0.6) is 0 Å². The summed E-state index contributed by atoms with van der Waals surface area (Å²) in [5.74, 6) is 0.620. The fraction of sp³-hybridized carbons (Fsp3) is 0.417. The molecule has 0 heterocycles. The summed E-state index contributed by atoms with van der Waals surface area (Å²) in [6.07, 6.45) is 2.84. The minimum atomic E-state index is 0.0993. The molecule has 1 amide bonds. The van der Waals surface area contributed by atoms with Gasteiger partial charge in [-0.1, -0.05) is 35.0 Å². The molecule has 1 unspecified atom stereocenters. The fourth-order valence-corrected chi connectivity index (χ4v) is 2.09. The highest BCUT2D eigenvalue weighted by molar-refractivity contribution is 9.10. The fourth-order valence-electron chi connectivity index (χ4n) is 1.48. The Balaban J connectivity index is 2.67. The average molecular weight is 302 g/mol. The molecule has 2 nitrogen and oxygen atoms in total. The van der Waals surface area contributed by atoms with E-state index >= 15 is 0 Å². The third-order valence-electron chi connectivity index (χ3n) is 2.29. The number of hydrogen-bond acceptors (Lipinski definition) is 2. The highest BCUT2D eigenvalue weighted by Crippen LogP contribution is 2.19. The van der Waals surface area contributed by atoms with Gasteiger partial charge in [0.2, 0.25) is 5.91 Å². The summed E-state index contributed by atoms with van der Waals surface area (Å²) in [5, 5.41) is 3.03. The van der Waals surface area contributed by atoms with Crippen molar-refractivity contribution >= 4 is 33.6 Å². The van der Waals surface area contributed by atoms with Crippen LogP contribution in [0.25, 0.3) is 0 Å². The largest absolute Gasteiger partial charge is 0.349 e. The van der Waals surface area contributed by atoms with Crippen molar-refractivity contribution in [3.63, 3.8) is 0 Å². The molecule has 1 rings (SSSR count). The highest BCUT2D eigenvalue weighted by Gasteiger charge is 2.11. The lowest BCUT2D eigenvalue weighted by Crippen LogP contribution is -2.29. The van der Waals surface area contributed by atoms with Crippen molar-refractivity contribution < 1.29 is 4.79 Å². The highest BCUT2D eigenvalue weighted by atomic mass is 79.9. The van der Waals surface area contributed by atoms with E-state index in [4.69, 9.17) is 0 Å². The molecule has 1 N–H and O–H groups in total. The Kier molecular flexibility index (Phi) is 5.91. The smallest absolute Gasteiger partial charge is 0.230 e. The van der Waals surface area contributed by atoms with Crippen molar-refractivity contribution in [1.29, 1.82) is 0 Å². The van der Waals surface area contributed by atoms with E-state index in [0.717, 1.165) is 16.5 Å². The SMILES string of the molecule is CCC(NC(=O)CSC)c1ccc(Br)cc1. The normalized spacial score (nSPS) is 12.2. The van der Waals surface area contributed by atoms with Gasteiger partial charge in [-0.2, -0.15) is 11.8 Å². The molecular weight excluding hydrogens is 286 g/mol. The van der Waals surface area contributed by atoms with Gasteiger partial charge in [0, 0.05) is 4.47 Å². The Hall–Kier alpha value is -0.480. The van der Waals surface area contributed by atoms with Crippen LogP contribution in [0.2, 0.25) is 0 Å². The number of rotatable bonds is 5. The van der Waals surface area contributed by atoms with Gasteiger partial charge in [0.15, 0.2) is 0 Å². The van der Waals surface area contributed by atoms with Crippen LogP contribution in [0.3, 0.4) is 0 Å². The summed E-state index contributed by atoms with van der Waals surface area (Å²) in [6, 6.07) is 8.19. The summed E-state index contributed by atoms with van der Waals surface area (Å²) < 4.78 is 1.06. The molecular formula is C12H16BrNOS. The Labute approximate surface area is 109 Å². The molecule has 88 valence electrons. The number of thioether (sulfide) groups is 1. The zero-order valence-electron chi connectivity index (χ0n) is 9.50. The number of benzene rings is 1. The van der Waals surface area contributed by atoms with Gasteiger partial charge < -0.3 is 5.32 Å². The zero-order chi connectivity index (χ0) is 12.0. The molecule has 0 aliphatic carbocycles. The van der Waals surface area contributed by atoms with Crippen molar-refractivity contribution in [2.75, 3.05) is 12.0 Å². The number of carbonyl (C=O) groups excluding carboxylic acids is 1. The molecule has 4 heteroatoms. The molecule has 0 aromatic heterocycles. The molecule has 0 bridgehead atoms. The number of nitrogens with one attached hydrogen (secondary N) is 1. The molecule has 0 saturated heterocycles. The van der Waals surface area contributed by atoms with Crippen molar-refractivity contribution in [3.05, 3.63) is 34.3 Å². The summed E-state index contributed by atoms with van der Waals surface area (Å²) in [7, 11) is 0. The number of carbonyl (C=O) groups is 1.